The van der Waals surface area contributed by atoms with Crippen LogP contribution in [0.2, 0.25) is 0 Å². The molecule has 0 aliphatic heterocycles. The molecule has 4 rings (SSSR count). The molecular formula is C25H28N4O5. The Kier molecular flexibility index (Phi) is 6.81. The summed E-state index contributed by atoms with van der Waals surface area (Å²) >= 11 is 0. The van der Waals surface area contributed by atoms with E-state index in [2.05, 4.69) is 9.98 Å². The van der Waals surface area contributed by atoms with Gasteiger partial charge in [0.15, 0.2) is 0 Å². The van der Waals surface area contributed by atoms with Crippen LogP contribution in [0.4, 0.5) is 5.69 Å². The van der Waals surface area contributed by atoms with E-state index in [0.717, 1.165) is 39.8 Å². The first-order chi connectivity index (χ1) is 16.3. The lowest BCUT2D eigenvalue weighted by molar-refractivity contribution is -0.137. The number of aromatic nitrogens is 3. The van der Waals surface area contributed by atoms with Gasteiger partial charge in [-0.1, -0.05) is 29.8 Å². The highest BCUT2D eigenvalue weighted by atomic mass is 16.5. The monoisotopic (exact) mass is 464 g/mol. The maximum atomic E-state index is 13.2. The van der Waals surface area contributed by atoms with E-state index in [4.69, 9.17) is 9.84 Å². The van der Waals surface area contributed by atoms with Crippen LogP contribution in [-0.2, 0) is 17.9 Å². The van der Waals surface area contributed by atoms with Crippen LogP contribution in [0.25, 0.3) is 0 Å². The number of hydrogen-bond donors (Lipinski definition) is 2. The molecule has 0 spiro atoms. The molecule has 1 aromatic heterocycles. The number of nitrogens with one attached hydrogen (secondary N) is 1. The van der Waals surface area contributed by atoms with Gasteiger partial charge < -0.3 is 9.84 Å². The van der Waals surface area contributed by atoms with E-state index < -0.39 is 17.3 Å². The number of nitrogens with zero attached hydrogens (tertiary/aromatic N) is 3. The zero-order valence-electron chi connectivity index (χ0n) is 19.3. The van der Waals surface area contributed by atoms with Gasteiger partial charge in [-0.05, 0) is 62.4 Å². The van der Waals surface area contributed by atoms with Gasteiger partial charge in [0, 0.05) is 6.54 Å². The van der Waals surface area contributed by atoms with Crippen LogP contribution in [0.3, 0.4) is 0 Å². The minimum absolute atomic E-state index is 0.0919. The highest BCUT2D eigenvalue weighted by Crippen LogP contribution is 2.29. The van der Waals surface area contributed by atoms with Gasteiger partial charge in [0.1, 0.15) is 5.75 Å². The summed E-state index contributed by atoms with van der Waals surface area (Å²) in [6.45, 7) is 3.84. The van der Waals surface area contributed by atoms with Gasteiger partial charge in [0.05, 0.1) is 24.8 Å². The van der Waals surface area contributed by atoms with Crippen molar-refractivity contribution in [1.29, 1.82) is 0 Å². The Morgan fingerprint density at radius 1 is 1.12 bits per heavy atom. The standard InChI is InChI=1S/C25H28N4O5/c1-16-6-8-18(9-7-16)15-29-23(27-24(32)28(25(29)33)13-12-22(30)31)26-19-10-11-21(17(2)14-19)34-20-4-3-5-20/h6-11,14,20H,3-5,12-13,15H2,1-2H3,(H,30,31)(H,26,27,32). The van der Waals surface area contributed by atoms with E-state index in [1.165, 1.54) is 11.0 Å². The molecule has 3 aromatic rings. The highest BCUT2D eigenvalue weighted by molar-refractivity contribution is 5.66. The molecule has 2 aromatic carbocycles. The summed E-state index contributed by atoms with van der Waals surface area (Å²) in [6.07, 6.45) is 3.22. The summed E-state index contributed by atoms with van der Waals surface area (Å²) in [7, 11) is 0. The molecule has 1 aliphatic rings. The van der Waals surface area contributed by atoms with Crippen molar-refractivity contribution in [2.24, 2.45) is 4.99 Å². The molecule has 1 aliphatic carbocycles. The van der Waals surface area contributed by atoms with Gasteiger partial charge in [-0.3, -0.25) is 14.3 Å². The van der Waals surface area contributed by atoms with Crippen molar-refractivity contribution >= 4 is 11.7 Å². The van der Waals surface area contributed by atoms with Crippen LogP contribution in [0.1, 0.15) is 42.4 Å². The molecule has 0 bridgehead atoms. The Morgan fingerprint density at radius 2 is 1.85 bits per heavy atom. The predicted octanol–water partition coefficient (Wildman–Crippen LogP) is 2.64. The second-order valence-electron chi connectivity index (χ2n) is 8.64. The average molecular weight is 465 g/mol. The first-order valence-electron chi connectivity index (χ1n) is 11.3. The predicted molar refractivity (Wildman–Crippen MR) is 127 cm³/mol. The van der Waals surface area contributed by atoms with E-state index in [1.807, 2.05) is 50.2 Å². The number of aliphatic carboxylic acids is 1. The largest absolute Gasteiger partial charge is 0.490 e. The fourth-order valence-corrected chi connectivity index (χ4v) is 3.69. The highest BCUT2D eigenvalue weighted by Gasteiger charge is 2.19. The Labute approximate surface area is 196 Å². The molecule has 9 nitrogen and oxygen atoms in total. The number of ether oxygens (including phenoxy) is 1. The van der Waals surface area contributed by atoms with Crippen molar-refractivity contribution in [1.82, 2.24) is 14.1 Å². The molecule has 0 radical (unpaired) electrons. The van der Waals surface area contributed by atoms with Crippen molar-refractivity contribution in [2.45, 2.75) is 58.7 Å². The number of carbonyl (C=O) groups is 1. The zero-order chi connectivity index (χ0) is 24.2. The smallest absolute Gasteiger partial charge is 0.335 e. The third kappa shape index (κ3) is 5.36. The summed E-state index contributed by atoms with van der Waals surface area (Å²) in [4.78, 5) is 44.0. The van der Waals surface area contributed by atoms with Crippen LogP contribution in [0, 0.1) is 13.8 Å². The molecule has 0 saturated heterocycles. The Balaban J connectivity index is 1.76. The summed E-state index contributed by atoms with van der Waals surface area (Å²) < 4.78 is 8.23. The molecule has 1 fully saturated rings. The first-order valence-corrected chi connectivity index (χ1v) is 11.3. The van der Waals surface area contributed by atoms with Crippen molar-refractivity contribution in [2.75, 3.05) is 0 Å². The molecule has 1 heterocycles. The SMILES string of the molecule is Cc1ccc(Cn2c(=O)n(CCC(=O)O)c(=O)[nH]/c2=N\c2ccc(OC3CCC3)c(C)c2)cc1. The molecule has 178 valence electrons. The van der Waals surface area contributed by atoms with E-state index >= 15 is 0 Å². The Hall–Kier alpha value is -3.88. The summed E-state index contributed by atoms with van der Waals surface area (Å²) in [5.74, 6) is -0.293. The van der Waals surface area contributed by atoms with E-state index in [0.29, 0.717) is 5.69 Å². The van der Waals surface area contributed by atoms with Gasteiger partial charge in [0.2, 0.25) is 5.62 Å². The lowest BCUT2D eigenvalue weighted by Crippen LogP contribution is -2.50. The number of benzene rings is 2. The third-order valence-corrected chi connectivity index (χ3v) is 5.93. The normalized spacial score (nSPS) is 14.1. The zero-order valence-corrected chi connectivity index (χ0v) is 19.3. The van der Waals surface area contributed by atoms with E-state index in [1.54, 1.807) is 6.07 Å². The molecular weight excluding hydrogens is 436 g/mol. The lowest BCUT2D eigenvalue weighted by atomic mass is 9.96. The molecule has 2 N–H and O–H groups in total. The fraction of sp³-hybridized carbons (Fsp3) is 0.360. The number of rotatable bonds is 8. The summed E-state index contributed by atoms with van der Waals surface area (Å²) in [6, 6.07) is 13.1. The lowest BCUT2D eigenvalue weighted by Gasteiger charge is -2.27. The van der Waals surface area contributed by atoms with Crippen LogP contribution in [0.15, 0.2) is 57.0 Å². The van der Waals surface area contributed by atoms with Crippen LogP contribution < -0.4 is 21.7 Å². The van der Waals surface area contributed by atoms with E-state index in [-0.39, 0.29) is 31.2 Å². The van der Waals surface area contributed by atoms with Gasteiger partial charge in [-0.15, -0.1) is 0 Å². The fourth-order valence-electron chi connectivity index (χ4n) is 3.69. The maximum Gasteiger partial charge on any atom is 0.335 e. The molecule has 0 amide bonds. The third-order valence-electron chi connectivity index (χ3n) is 5.93. The van der Waals surface area contributed by atoms with Crippen molar-refractivity contribution in [3.05, 3.63) is 85.7 Å². The van der Waals surface area contributed by atoms with Gasteiger partial charge in [0.25, 0.3) is 0 Å². The second-order valence-corrected chi connectivity index (χ2v) is 8.64. The quantitative estimate of drug-likeness (QED) is 0.531. The molecule has 34 heavy (non-hydrogen) atoms. The minimum Gasteiger partial charge on any atom is -0.490 e. The topological polar surface area (TPSA) is 119 Å². The maximum absolute atomic E-state index is 13.2. The first kappa shape index (κ1) is 23.3. The van der Waals surface area contributed by atoms with Crippen molar-refractivity contribution in [3.8, 4) is 5.75 Å². The Morgan fingerprint density at radius 3 is 2.47 bits per heavy atom. The number of carboxylic acids is 1. The summed E-state index contributed by atoms with van der Waals surface area (Å²) in [5.41, 5.74) is 2.18. The molecule has 0 unspecified atom stereocenters. The van der Waals surface area contributed by atoms with Gasteiger partial charge >= 0.3 is 17.3 Å². The molecule has 9 heteroatoms. The van der Waals surface area contributed by atoms with Crippen molar-refractivity contribution in [3.63, 3.8) is 0 Å². The average Bonchev–Trinajstić information content (AvgIpc) is 2.75. The van der Waals surface area contributed by atoms with Gasteiger partial charge in [-0.25, -0.2) is 19.1 Å². The van der Waals surface area contributed by atoms with Crippen molar-refractivity contribution < 1.29 is 14.6 Å². The van der Waals surface area contributed by atoms with Gasteiger partial charge in [-0.2, -0.15) is 0 Å². The van der Waals surface area contributed by atoms with Crippen LogP contribution in [0.5, 0.6) is 5.75 Å². The minimum atomic E-state index is -1.09. The number of carboxylic acid groups (broad SMARTS) is 1. The molecule has 1 saturated carbocycles. The van der Waals surface area contributed by atoms with Crippen LogP contribution >= 0.6 is 0 Å². The molecule has 0 atom stereocenters. The number of H-pyrrole nitrogens is 1. The van der Waals surface area contributed by atoms with E-state index in [9.17, 15) is 14.4 Å². The number of hydrogen-bond acceptors (Lipinski definition) is 5. The Bertz CT molecular complexity index is 1380. The number of aromatic amines is 1. The second kappa shape index (κ2) is 9.94. The summed E-state index contributed by atoms with van der Waals surface area (Å²) in [5, 5.41) is 9.00. The number of aryl methyl sites for hydroxylation is 2. The van der Waals surface area contributed by atoms with Crippen LogP contribution in [-0.4, -0.2) is 31.3 Å².